The minimum absolute atomic E-state index is 0.0549. The molecule has 0 aromatic carbocycles. The van der Waals surface area contributed by atoms with E-state index in [0.29, 0.717) is 11.6 Å². The van der Waals surface area contributed by atoms with E-state index in [4.69, 9.17) is 0 Å². The van der Waals surface area contributed by atoms with Crippen LogP contribution in [0.25, 0.3) is 12.2 Å². The Morgan fingerprint density at radius 3 is 2.57 bits per heavy atom. The highest BCUT2D eigenvalue weighted by atomic mass is 19.1. The lowest BCUT2D eigenvalue weighted by atomic mass is 9.89. The second kappa shape index (κ2) is 8.89. The Labute approximate surface area is 168 Å². The summed E-state index contributed by atoms with van der Waals surface area (Å²) < 4.78 is 14.6. The molecule has 1 saturated heterocycles. The Hall–Kier alpha value is -2.17. The molecule has 4 heteroatoms. The molecule has 0 amide bonds. The molecule has 0 saturated carbocycles. The Kier molecular flexibility index (Phi) is 6.53. The van der Waals surface area contributed by atoms with Crippen LogP contribution >= 0.6 is 0 Å². The summed E-state index contributed by atoms with van der Waals surface area (Å²) in [6.07, 6.45) is 11.6. The van der Waals surface area contributed by atoms with Crippen molar-refractivity contribution in [3.05, 3.63) is 71.1 Å². The number of aromatic amines is 1. The standard InChI is InChI=1S/C24H32FN3/c1-6-9-21-19(8-3)20-12-16(5)27-23(24(20)28-21)15(4)10-11-17(7-2)22(25)18-13-26-14-18/h6-11,16,18,22-23,26-28H,2-3,12-14H2,1,4-5H3/b9-6-,15-10+,17-11+/t16-,22-,23-/m1/s1. The Morgan fingerprint density at radius 1 is 1.25 bits per heavy atom. The predicted octanol–water partition coefficient (Wildman–Crippen LogP) is 4.88. The van der Waals surface area contributed by atoms with Gasteiger partial charge in [0.15, 0.2) is 0 Å². The number of allylic oxidation sites excluding steroid dienone is 5. The smallest absolute Gasteiger partial charge is 0.130 e. The first-order chi connectivity index (χ1) is 13.5. The van der Waals surface area contributed by atoms with E-state index in [1.54, 1.807) is 6.08 Å². The lowest BCUT2D eigenvalue weighted by Gasteiger charge is -2.31. The van der Waals surface area contributed by atoms with Gasteiger partial charge >= 0.3 is 0 Å². The van der Waals surface area contributed by atoms with Crippen LogP contribution in [0.2, 0.25) is 0 Å². The molecular formula is C24H32FN3. The fourth-order valence-electron chi connectivity index (χ4n) is 4.07. The average molecular weight is 382 g/mol. The van der Waals surface area contributed by atoms with Gasteiger partial charge in [-0.15, -0.1) is 0 Å². The van der Waals surface area contributed by atoms with Crippen molar-refractivity contribution in [1.29, 1.82) is 0 Å². The molecule has 150 valence electrons. The maximum Gasteiger partial charge on any atom is 0.130 e. The lowest BCUT2D eigenvalue weighted by molar-refractivity contribution is 0.202. The third-order valence-corrected chi connectivity index (χ3v) is 5.77. The van der Waals surface area contributed by atoms with Gasteiger partial charge in [-0.1, -0.05) is 49.1 Å². The van der Waals surface area contributed by atoms with Crippen LogP contribution in [0.15, 0.2) is 48.6 Å². The molecule has 1 fully saturated rings. The first kappa shape index (κ1) is 20.6. The molecule has 3 N–H and O–H groups in total. The molecule has 1 aromatic heterocycles. The second-order valence-electron chi connectivity index (χ2n) is 7.86. The average Bonchev–Trinajstić information content (AvgIpc) is 2.97. The molecule has 0 bridgehead atoms. The fraction of sp³-hybridized carbons (Fsp3) is 0.417. The predicted molar refractivity (Wildman–Crippen MR) is 118 cm³/mol. The molecule has 0 unspecified atom stereocenters. The molecule has 3 nitrogen and oxygen atoms in total. The minimum Gasteiger partial charge on any atom is -0.357 e. The summed E-state index contributed by atoms with van der Waals surface area (Å²) in [5, 5.41) is 6.81. The Bertz CT molecular complexity index is 823. The van der Waals surface area contributed by atoms with Gasteiger partial charge < -0.3 is 15.6 Å². The maximum absolute atomic E-state index is 14.6. The molecule has 2 aliphatic rings. The van der Waals surface area contributed by atoms with Crippen molar-refractivity contribution < 1.29 is 4.39 Å². The van der Waals surface area contributed by atoms with Crippen molar-refractivity contribution in [3.63, 3.8) is 0 Å². The number of fused-ring (bicyclic) bond motifs is 1. The van der Waals surface area contributed by atoms with Gasteiger partial charge in [0.1, 0.15) is 6.17 Å². The third kappa shape index (κ3) is 3.98. The van der Waals surface area contributed by atoms with E-state index in [0.717, 1.165) is 30.8 Å². The maximum atomic E-state index is 14.6. The summed E-state index contributed by atoms with van der Waals surface area (Å²) in [5.41, 5.74) is 6.59. The quantitative estimate of drug-likeness (QED) is 0.589. The third-order valence-electron chi connectivity index (χ3n) is 5.77. The van der Waals surface area contributed by atoms with Gasteiger partial charge in [-0.2, -0.15) is 0 Å². The van der Waals surface area contributed by atoms with E-state index in [-0.39, 0.29) is 12.0 Å². The van der Waals surface area contributed by atoms with Gasteiger partial charge in [0.05, 0.1) is 6.04 Å². The molecule has 3 heterocycles. The minimum atomic E-state index is -0.962. The number of hydrogen-bond acceptors (Lipinski definition) is 2. The molecule has 1 aromatic rings. The van der Waals surface area contributed by atoms with Crippen LogP contribution in [-0.2, 0) is 6.42 Å². The van der Waals surface area contributed by atoms with Crippen LogP contribution in [-0.4, -0.2) is 30.3 Å². The second-order valence-corrected chi connectivity index (χ2v) is 7.86. The monoisotopic (exact) mass is 381 g/mol. The van der Waals surface area contributed by atoms with Gasteiger partial charge in [0.25, 0.3) is 0 Å². The zero-order chi connectivity index (χ0) is 20.3. The van der Waals surface area contributed by atoms with E-state index in [1.807, 2.05) is 31.2 Å². The molecular weight excluding hydrogens is 349 g/mol. The van der Waals surface area contributed by atoms with E-state index < -0.39 is 6.17 Å². The van der Waals surface area contributed by atoms with Gasteiger partial charge in [0.2, 0.25) is 0 Å². The molecule has 0 spiro atoms. The van der Waals surface area contributed by atoms with Crippen molar-refractivity contribution in [2.24, 2.45) is 5.92 Å². The number of aromatic nitrogens is 1. The topological polar surface area (TPSA) is 39.9 Å². The van der Waals surface area contributed by atoms with Gasteiger partial charge in [-0.05, 0) is 44.4 Å². The highest BCUT2D eigenvalue weighted by molar-refractivity contribution is 5.68. The Balaban J connectivity index is 1.92. The fourth-order valence-corrected chi connectivity index (χ4v) is 4.07. The van der Waals surface area contributed by atoms with Gasteiger partial charge in [-0.3, -0.25) is 0 Å². The highest BCUT2D eigenvalue weighted by Crippen LogP contribution is 2.35. The van der Waals surface area contributed by atoms with Gasteiger partial charge in [-0.25, -0.2) is 4.39 Å². The van der Waals surface area contributed by atoms with E-state index in [1.165, 1.54) is 16.8 Å². The lowest BCUT2D eigenvalue weighted by Crippen LogP contribution is -2.47. The number of halogens is 1. The molecule has 3 atom stereocenters. The number of nitrogens with one attached hydrogen (secondary N) is 3. The largest absolute Gasteiger partial charge is 0.357 e. The van der Waals surface area contributed by atoms with Crippen LogP contribution in [0.5, 0.6) is 0 Å². The summed E-state index contributed by atoms with van der Waals surface area (Å²) in [7, 11) is 0. The molecule has 0 radical (unpaired) electrons. The molecule has 0 aliphatic carbocycles. The zero-order valence-electron chi connectivity index (χ0n) is 17.2. The molecule has 3 rings (SSSR count). The van der Waals surface area contributed by atoms with E-state index >= 15 is 0 Å². The van der Waals surface area contributed by atoms with Crippen molar-refractivity contribution in [2.75, 3.05) is 13.1 Å². The van der Waals surface area contributed by atoms with Crippen LogP contribution < -0.4 is 10.6 Å². The number of alkyl halides is 1. The summed E-state index contributed by atoms with van der Waals surface area (Å²) >= 11 is 0. The van der Waals surface area contributed by atoms with Crippen LogP contribution in [0.4, 0.5) is 4.39 Å². The van der Waals surface area contributed by atoms with E-state index in [2.05, 4.69) is 48.7 Å². The molecule has 28 heavy (non-hydrogen) atoms. The zero-order valence-corrected chi connectivity index (χ0v) is 17.2. The summed E-state index contributed by atoms with van der Waals surface area (Å²) in [4.78, 5) is 3.58. The first-order valence-corrected chi connectivity index (χ1v) is 10.1. The van der Waals surface area contributed by atoms with E-state index in [9.17, 15) is 4.39 Å². The highest BCUT2D eigenvalue weighted by Gasteiger charge is 2.30. The normalized spacial score (nSPS) is 24.7. The molecule has 2 aliphatic heterocycles. The summed E-state index contributed by atoms with van der Waals surface area (Å²) in [6.45, 7) is 15.6. The Morgan fingerprint density at radius 2 is 2.00 bits per heavy atom. The van der Waals surface area contributed by atoms with Crippen molar-refractivity contribution in [2.45, 2.75) is 45.4 Å². The van der Waals surface area contributed by atoms with Crippen LogP contribution in [0.1, 0.15) is 49.3 Å². The van der Waals surface area contributed by atoms with Crippen molar-refractivity contribution in [1.82, 2.24) is 15.6 Å². The van der Waals surface area contributed by atoms with Gasteiger partial charge in [0, 0.05) is 42.0 Å². The van der Waals surface area contributed by atoms with Crippen molar-refractivity contribution >= 4 is 12.2 Å². The van der Waals surface area contributed by atoms with Crippen LogP contribution in [0.3, 0.4) is 0 Å². The SMILES string of the molecule is C=C/C(=C\C=C(/C)[C@H]1N[C@H](C)Cc2c1[nH]c(/C=C\C)c2C=C)[C@@H](F)C1CNC1. The van der Waals surface area contributed by atoms with Crippen molar-refractivity contribution in [3.8, 4) is 0 Å². The summed E-state index contributed by atoms with van der Waals surface area (Å²) in [6, 6.07) is 0.425. The first-order valence-electron chi connectivity index (χ1n) is 10.1. The number of H-pyrrole nitrogens is 1. The summed E-state index contributed by atoms with van der Waals surface area (Å²) in [5.74, 6) is 0.0549. The van der Waals surface area contributed by atoms with Crippen LogP contribution in [0, 0.1) is 5.92 Å². The number of hydrogen-bond donors (Lipinski definition) is 3. The number of rotatable bonds is 7.